The van der Waals surface area contributed by atoms with Gasteiger partial charge in [-0.1, -0.05) is 12.1 Å². The summed E-state index contributed by atoms with van der Waals surface area (Å²) in [6.45, 7) is 3.38. The number of aliphatic imine (C=N–C) groups is 1. The van der Waals surface area contributed by atoms with Gasteiger partial charge in [0.15, 0.2) is 16.7 Å². The van der Waals surface area contributed by atoms with Gasteiger partial charge in [-0.15, -0.1) is 35.3 Å². The van der Waals surface area contributed by atoms with E-state index in [4.69, 9.17) is 9.15 Å². The fourth-order valence-electron chi connectivity index (χ4n) is 3.63. The number of furan rings is 1. The number of para-hydroxylation sites is 1. The zero-order valence-electron chi connectivity index (χ0n) is 17.5. The van der Waals surface area contributed by atoms with Gasteiger partial charge in [-0.05, 0) is 49.4 Å². The van der Waals surface area contributed by atoms with E-state index in [1.807, 2.05) is 37.4 Å². The fraction of sp³-hybridized carbons (Fsp3) is 0.455. The molecule has 1 N–H and O–H groups in total. The molecule has 1 fully saturated rings. The minimum Gasteiger partial charge on any atom is -0.457 e. The zero-order chi connectivity index (χ0) is 20.1. The normalized spacial score (nSPS) is 15.2. The highest BCUT2D eigenvalue weighted by molar-refractivity contribution is 14.0. The monoisotopic (exact) mass is 540 g/mol. The molecule has 162 valence electrons. The molecule has 4 rings (SSSR count). The minimum absolute atomic E-state index is 0. The van der Waals surface area contributed by atoms with Crippen LogP contribution in [0.5, 0.6) is 0 Å². The Morgan fingerprint density at radius 3 is 2.80 bits per heavy atom. The summed E-state index contributed by atoms with van der Waals surface area (Å²) in [6.07, 6.45) is 3.50. The Balaban J connectivity index is 0.00000256. The Bertz CT molecular complexity index is 932. The van der Waals surface area contributed by atoms with Crippen molar-refractivity contribution in [3.05, 3.63) is 42.2 Å². The van der Waals surface area contributed by atoms with E-state index in [1.165, 1.54) is 24.0 Å². The summed E-state index contributed by atoms with van der Waals surface area (Å²) in [5.41, 5.74) is 1.01. The predicted molar refractivity (Wildman–Crippen MR) is 134 cm³/mol. The standard InChI is InChI=1S/C22H28N4O2S.HI/c1-23-22(26(2)12-9-16-10-13-27-14-11-16)24-15-17-7-8-19(28-17)21-25-18-5-3-4-6-20(18)29-21;/h3-8,16H,9-15H2,1-2H3,(H,23,24);1H. The fourth-order valence-corrected chi connectivity index (χ4v) is 4.56. The third-order valence-corrected chi connectivity index (χ3v) is 6.43. The van der Waals surface area contributed by atoms with Crippen LogP contribution in [0.4, 0.5) is 0 Å². The van der Waals surface area contributed by atoms with E-state index in [1.54, 1.807) is 11.3 Å². The molecule has 0 spiro atoms. The van der Waals surface area contributed by atoms with Crippen molar-refractivity contribution in [3.63, 3.8) is 0 Å². The maximum atomic E-state index is 6.03. The summed E-state index contributed by atoms with van der Waals surface area (Å²) in [5, 5.41) is 4.32. The van der Waals surface area contributed by atoms with Gasteiger partial charge < -0.3 is 19.4 Å². The van der Waals surface area contributed by atoms with Gasteiger partial charge in [0.2, 0.25) is 0 Å². The number of ether oxygens (including phenoxy) is 1. The van der Waals surface area contributed by atoms with Crippen molar-refractivity contribution >= 4 is 51.5 Å². The second-order valence-electron chi connectivity index (χ2n) is 7.42. The van der Waals surface area contributed by atoms with Gasteiger partial charge in [0.25, 0.3) is 0 Å². The number of rotatable bonds is 6. The second kappa shape index (κ2) is 11.1. The molecule has 2 aromatic heterocycles. The van der Waals surface area contributed by atoms with E-state index in [0.717, 1.165) is 53.7 Å². The van der Waals surface area contributed by atoms with Crippen molar-refractivity contribution in [3.8, 4) is 10.8 Å². The number of hydrogen-bond donors (Lipinski definition) is 1. The van der Waals surface area contributed by atoms with E-state index in [2.05, 4.69) is 33.3 Å². The highest BCUT2D eigenvalue weighted by Crippen LogP contribution is 2.31. The van der Waals surface area contributed by atoms with Gasteiger partial charge in [-0.3, -0.25) is 4.99 Å². The Morgan fingerprint density at radius 2 is 2.03 bits per heavy atom. The second-order valence-corrected chi connectivity index (χ2v) is 8.45. The molecule has 0 radical (unpaired) electrons. The zero-order valence-corrected chi connectivity index (χ0v) is 20.6. The highest BCUT2D eigenvalue weighted by Gasteiger charge is 2.16. The molecule has 6 nitrogen and oxygen atoms in total. The lowest BCUT2D eigenvalue weighted by Gasteiger charge is -2.26. The van der Waals surface area contributed by atoms with Crippen LogP contribution in [-0.4, -0.2) is 49.7 Å². The SMILES string of the molecule is CN=C(NCc1ccc(-c2nc3ccccc3s2)o1)N(C)CCC1CCOCC1.I. The van der Waals surface area contributed by atoms with Crippen LogP contribution in [0.1, 0.15) is 25.0 Å². The van der Waals surface area contributed by atoms with Crippen LogP contribution in [0.3, 0.4) is 0 Å². The maximum Gasteiger partial charge on any atom is 0.193 e. The van der Waals surface area contributed by atoms with Gasteiger partial charge in [0.1, 0.15) is 5.76 Å². The summed E-state index contributed by atoms with van der Waals surface area (Å²) in [6, 6.07) is 12.2. The maximum absolute atomic E-state index is 6.03. The van der Waals surface area contributed by atoms with E-state index in [9.17, 15) is 0 Å². The minimum atomic E-state index is 0. The van der Waals surface area contributed by atoms with E-state index in [0.29, 0.717) is 6.54 Å². The number of halogens is 1. The smallest absolute Gasteiger partial charge is 0.193 e. The lowest BCUT2D eigenvalue weighted by molar-refractivity contribution is 0.0625. The molecular weight excluding hydrogens is 511 g/mol. The van der Waals surface area contributed by atoms with Crippen molar-refractivity contribution in [1.29, 1.82) is 0 Å². The van der Waals surface area contributed by atoms with Crippen LogP contribution >= 0.6 is 35.3 Å². The molecule has 0 amide bonds. The van der Waals surface area contributed by atoms with Gasteiger partial charge in [-0.25, -0.2) is 4.98 Å². The Labute approximate surface area is 198 Å². The van der Waals surface area contributed by atoms with Gasteiger partial charge in [0, 0.05) is 33.9 Å². The number of fused-ring (bicyclic) bond motifs is 1. The van der Waals surface area contributed by atoms with Gasteiger partial charge in [-0.2, -0.15) is 0 Å². The van der Waals surface area contributed by atoms with Crippen molar-refractivity contribution in [1.82, 2.24) is 15.2 Å². The lowest BCUT2D eigenvalue weighted by Crippen LogP contribution is -2.39. The van der Waals surface area contributed by atoms with Crippen molar-refractivity contribution in [2.45, 2.75) is 25.8 Å². The molecule has 0 aliphatic carbocycles. The van der Waals surface area contributed by atoms with Crippen molar-refractivity contribution in [2.24, 2.45) is 10.9 Å². The van der Waals surface area contributed by atoms with Crippen molar-refractivity contribution < 1.29 is 9.15 Å². The molecule has 1 aliphatic heterocycles. The summed E-state index contributed by atoms with van der Waals surface area (Å²) in [4.78, 5) is 11.3. The molecule has 1 aromatic carbocycles. The predicted octanol–water partition coefficient (Wildman–Crippen LogP) is 5.00. The average molecular weight is 540 g/mol. The number of benzene rings is 1. The first kappa shape index (κ1) is 23.0. The summed E-state index contributed by atoms with van der Waals surface area (Å²) < 4.78 is 12.6. The third-order valence-electron chi connectivity index (χ3n) is 5.37. The Hall–Kier alpha value is -1.65. The largest absolute Gasteiger partial charge is 0.457 e. The molecule has 30 heavy (non-hydrogen) atoms. The summed E-state index contributed by atoms with van der Waals surface area (Å²) >= 11 is 1.65. The summed E-state index contributed by atoms with van der Waals surface area (Å²) in [5.74, 6) is 3.32. The van der Waals surface area contributed by atoms with E-state index in [-0.39, 0.29) is 24.0 Å². The molecule has 0 unspecified atom stereocenters. The Kier molecular flexibility index (Phi) is 8.52. The Morgan fingerprint density at radius 1 is 1.23 bits per heavy atom. The first-order valence-corrected chi connectivity index (χ1v) is 11.0. The van der Waals surface area contributed by atoms with Crippen LogP contribution in [0.15, 0.2) is 45.8 Å². The number of nitrogens with zero attached hydrogens (tertiary/aromatic N) is 3. The van der Waals surface area contributed by atoms with Crippen LogP contribution in [-0.2, 0) is 11.3 Å². The quantitative estimate of drug-likeness (QED) is 0.271. The average Bonchev–Trinajstić information content (AvgIpc) is 3.40. The van der Waals surface area contributed by atoms with Crippen molar-refractivity contribution in [2.75, 3.05) is 33.9 Å². The molecule has 0 saturated carbocycles. The van der Waals surface area contributed by atoms with Crippen LogP contribution in [0.2, 0.25) is 0 Å². The molecule has 8 heteroatoms. The highest BCUT2D eigenvalue weighted by atomic mass is 127. The van der Waals surface area contributed by atoms with Gasteiger partial charge in [0.05, 0.1) is 16.8 Å². The molecular formula is C22H29IN4O2S. The van der Waals surface area contributed by atoms with E-state index < -0.39 is 0 Å². The molecule has 1 aliphatic rings. The number of thiazole rings is 1. The molecule has 1 saturated heterocycles. The molecule has 0 bridgehead atoms. The number of nitrogens with one attached hydrogen (secondary N) is 1. The van der Waals surface area contributed by atoms with Crippen LogP contribution < -0.4 is 5.32 Å². The first-order chi connectivity index (χ1) is 14.2. The molecule has 3 heterocycles. The number of guanidine groups is 1. The lowest BCUT2D eigenvalue weighted by atomic mass is 9.96. The number of aromatic nitrogens is 1. The van der Waals surface area contributed by atoms with E-state index >= 15 is 0 Å². The van der Waals surface area contributed by atoms with Crippen LogP contribution in [0, 0.1) is 5.92 Å². The number of hydrogen-bond acceptors (Lipinski definition) is 5. The topological polar surface area (TPSA) is 62.9 Å². The van der Waals surface area contributed by atoms with Gasteiger partial charge >= 0.3 is 0 Å². The summed E-state index contributed by atoms with van der Waals surface area (Å²) in [7, 11) is 3.91. The third kappa shape index (κ3) is 5.73. The first-order valence-electron chi connectivity index (χ1n) is 10.2. The molecule has 0 atom stereocenters. The van der Waals surface area contributed by atoms with Crippen LogP contribution in [0.25, 0.3) is 21.0 Å². The molecule has 3 aromatic rings.